The molecule has 13 heavy (non-hydrogen) atoms. The summed E-state index contributed by atoms with van der Waals surface area (Å²) in [5.74, 6) is 1.62. The number of hydrogen-bond acceptors (Lipinski definition) is 0. The minimum atomic E-state index is 0.128. The molecule has 2 saturated carbocycles. The van der Waals surface area contributed by atoms with E-state index in [2.05, 4.69) is 20.8 Å². The van der Waals surface area contributed by atoms with Crippen LogP contribution < -0.4 is 0 Å². The van der Waals surface area contributed by atoms with Crippen molar-refractivity contribution in [2.45, 2.75) is 46.5 Å². The zero-order chi connectivity index (χ0) is 9.69. The van der Waals surface area contributed by atoms with Crippen LogP contribution >= 0.6 is 0 Å². The fourth-order valence-corrected chi connectivity index (χ4v) is 3.95. The second-order valence-electron chi connectivity index (χ2n) is 5.80. The van der Waals surface area contributed by atoms with E-state index in [1.54, 1.807) is 0 Å². The zero-order valence-electron chi connectivity index (χ0n) is 9.10. The summed E-state index contributed by atoms with van der Waals surface area (Å²) in [5.41, 5.74) is 0.967. The monoisotopic (exact) mass is 181 g/mol. The standard InChI is InChI=1S/C12H21O/c1-11(2)9-4-6-12(11,3)10(8-9)5-7-13/h9-10H,4-8H2,1-3H3/t9-,10?,12-/m1/s1. The highest BCUT2D eigenvalue weighted by Crippen LogP contribution is 2.68. The lowest BCUT2D eigenvalue weighted by molar-refractivity contribution is 0.0725. The molecule has 1 heteroatoms. The first-order valence-corrected chi connectivity index (χ1v) is 5.60. The molecule has 1 radical (unpaired) electrons. The first-order valence-electron chi connectivity index (χ1n) is 5.60. The van der Waals surface area contributed by atoms with E-state index in [4.69, 9.17) is 0 Å². The van der Waals surface area contributed by atoms with E-state index >= 15 is 0 Å². The summed E-state index contributed by atoms with van der Waals surface area (Å²) in [6, 6.07) is 0. The SMILES string of the molecule is CC1(C)[C@@H]2CC[C@]1(C)C(CC[O])C2. The average molecular weight is 181 g/mol. The van der Waals surface area contributed by atoms with Crippen LogP contribution in [0.3, 0.4) is 0 Å². The van der Waals surface area contributed by atoms with Crippen LogP contribution in [0.4, 0.5) is 0 Å². The second kappa shape index (κ2) is 2.73. The molecule has 0 aromatic rings. The van der Waals surface area contributed by atoms with Crippen molar-refractivity contribution in [3.8, 4) is 0 Å². The van der Waals surface area contributed by atoms with Crippen molar-refractivity contribution in [2.24, 2.45) is 22.7 Å². The maximum atomic E-state index is 10.7. The lowest BCUT2D eigenvalue weighted by Crippen LogP contribution is -2.32. The zero-order valence-corrected chi connectivity index (χ0v) is 9.10. The Morgan fingerprint density at radius 2 is 2.00 bits per heavy atom. The Balaban J connectivity index is 2.22. The lowest BCUT2D eigenvalue weighted by atomic mass is 9.66. The van der Waals surface area contributed by atoms with Crippen LogP contribution in [0.2, 0.25) is 0 Å². The Labute approximate surface area is 81.5 Å². The Morgan fingerprint density at radius 1 is 1.31 bits per heavy atom. The quantitative estimate of drug-likeness (QED) is 0.623. The molecule has 3 atom stereocenters. The van der Waals surface area contributed by atoms with Crippen molar-refractivity contribution < 1.29 is 5.11 Å². The molecule has 2 aliphatic rings. The summed E-state index contributed by atoms with van der Waals surface area (Å²) >= 11 is 0. The van der Waals surface area contributed by atoms with Crippen LogP contribution in [-0.2, 0) is 5.11 Å². The van der Waals surface area contributed by atoms with Gasteiger partial charge in [-0.2, -0.15) is 0 Å². The normalized spacial score (nSPS) is 47.1. The molecule has 2 aliphatic carbocycles. The van der Waals surface area contributed by atoms with Gasteiger partial charge in [0.2, 0.25) is 0 Å². The average Bonchev–Trinajstić information content (AvgIpc) is 2.37. The molecular formula is C12H21O. The highest BCUT2D eigenvalue weighted by molar-refractivity contribution is 5.09. The summed E-state index contributed by atoms with van der Waals surface area (Å²) in [6.45, 7) is 7.37. The molecular weight excluding hydrogens is 160 g/mol. The Kier molecular flexibility index (Phi) is 1.99. The van der Waals surface area contributed by atoms with Crippen LogP contribution in [0.25, 0.3) is 0 Å². The maximum absolute atomic E-state index is 10.7. The fourth-order valence-electron chi connectivity index (χ4n) is 3.95. The van der Waals surface area contributed by atoms with Crippen LogP contribution in [-0.4, -0.2) is 6.61 Å². The van der Waals surface area contributed by atoms with Gasteiger partial charge in [-0.25, -0.2) is 5.11 Å². The van der Waals surface area contributed by atoms with Gasteiger partial charge in [0.1, 0.15) is 0 Å². The fraction of sp³-hybridized carbons (Fsp3) is 1.00. The molecule has 0 spiro atoms. The van der Waals surface area contributed by atoms with Crippen molar-refractivity contribution in [2.75, 3.05) is 6.61 Å². The van der Waals surface area contributed by atoms with Gasteiger partial charge in [-0.05, 0) is 48.3 Å². The molecule has 1 unspecified atom stereocenters. The molecule has 0 N–H and O–H groups in total. The number of hydrogen-bond donors (Lipinski definition) is 0. The van der Waals surface area contributed by atoms with E-state index in [1.807, 2.05) is 0 Å². The minimum Gasteiger partial charge on any atom is -0.237 e. The molecule has 0 aliphatic heterocycles. The molecule has 0 saturated heterocycles. The van der Waals surface area contributed by atoms with Gasteiger partial charge in [-0.15, -0.1) is 0 Å². The van der Waals surface area contributed by atoms with Crippen LogP contribution in [0.1, 0.15) is 46.5 Å². The number of rotatable bonds is 2. The topological polar surface area (TPSA) is 19.9 Å². The third-order valence-electron chi connectivity index (χ3n) is 5.44. The van der Waals surface area contributed by atoms with Gasteiger partial charge in [-0.3, -0.25) is 0 Å². The van der Waals surface area contributed by atoms with E-state index in [0.29, 0.717) is 10.8 Å². The molecule has 2 fully saturated rings. The van der Waals surface area contributed by atoms with E-state index in [9.17, 15) is 5.11 Å². The van der Waals surface area contributed by atoms with Crippen molar-refractivity contribution in [3.05, 3.63) is 0 Å². The van der Waals surface area contributed by atoms with Crippen molar-refractivity contribution in [1.82, 2.24) is 0 Å². The summed E-state index contributed by atoms with van der Waals surface area (Å²) in [7, 11) is 0. The van der Waals surface area contributed by atoms with Crippen molar-refractivity contribution >= 4 is 0 Å². The maximum Gasteiger partial charge on any atom is 0.0825 e. The predicted molar refractivity (Wildman–Crippen MR) is 52.9 cm³/mol. The highest BCUT2D eigenvalue weighted by Gasteiger charge is 2.60. The third kappa shape index (κ3) is 1.03. The Hall–Kier alpha value is -0.0400. The first kappa shape index (κ1) is 9.51. The van der Waals surface area contributed by atoms with Gasteiger partial charge in [-0.1, -0.05) is 20.8 Å². The third-order valence-corrected chi connectivity index (χ3v) is 5.44. The van der Waals surface area contributed by atoms with Crippen LogP contribution in [0.15, 0.2) is 0 Å². The van der Waals surface area contributed by atoms with Crippen molar-refractivity contribution in [1.29, 1.82) is 0 Å². The molecule has 2 rings (SSSR count). The van der Waals surface area contributed by atoms with Gasteiger partial charge in [0.05, 0.1) is 6.61 Å². The van der Waals surface area contributed by atoms with E-state index in [-0.39, 0.29) is 6.61 Å². The smallest absolute Gasteiger partial charge is 0.0825 e. The molecule has 75 valence electrons. The molecule has 0 amide bonds. The Morgan fingerprint density at radius 3 is 2.38 bits per heavy atom. The summed E-state index contributed by atoms with van der Waals surface area (Å²) in [5, 5.41) is 10.7. The van der Waals surface area contributed by atoms with E-state index in [0.717, 1.165) is 18.3 Å². The second-order valence-corrected chi connectivity index (χ2v) is 5.80. The molecule has 0 aromatic heterocycles. The summed E-state index contributed by atoms with van der Waals surface area (Å²) < 4.78 is 0. The van der Waals surface area contributed by atoms with Crippen LogP contribution in [0.5, 0.6) is 0 Å². The van der Waals surface area contributed by atoms with Gasteiger partial charge in [0.15, 0.2) is 0 Å². The van der Waals surface area contributed by atoms with Gasteiger partial charge < -0.3 is 0 Å². The molecule has 0 heterocycles. The summed E-state index contributed by atoms with van der Waals surface area (Å²) in [4.78, 5) is 0. The van der Waals surface area contributed by atoms with E-state index in [1.165, 1.54) is 19.3 Å². The number of fused-ring (bicyclic) bond motifs is 2. The van der Waals surface area contributed by atoms with E-state index < -0.39 is 0 Å². The minimum absolute atomic E-state index is 0.128. The first-order chi connectivity index (χ1) is 6.02. The largest absolute Gasteiger partial charge is 0.237 e. The van der Waals surface area contributed by atoms with Gasteiger partial charge in [0.25, 0.3) is 0 Å². The Bertz CT molecular complexity index is 209. The van der Waals surface area contributed by atoms with Gasteiger partial charge >= 0.3 is 0 Å². The highest BCUT2D eigenvalue weighted by atomic mass is 16.3. The van der Waals surface area contributed by atoms with Crippen LogP contribution in [0, 0.1) is 22.7 Å². The molecule has 2 bridgehead atoms. The lowest BCUT2D eigenvalue weighted by Gasteiger charge is -2.39. The van der Waals surface area contributed by atoms with Crippen molar-refractivity contribution in [3.63, 3.8) is 0 Å². The van der Waals surface area contributed by atoms with Gasteiger partial charge in [0, 0.05) is 0 Å². The summed E-state index contributed by atoms with van der Waals surface area (Å²) in [6.07, 6.45) is 5.00. The predicted octanol–water partition coefficient (Wildman–Crippen LogP) is 3.27. The molecule has 1 nitrogen and oxygen atoms in total. The molecule has 0 aromatic carbocycles.